The number of rotatable bonds is 2. The zero-order chi connectivity index (χ0) is 21.7. The van der Waals surface area contributed by atoms with Crippen molar-refractivity contribution in [1.29, 1.82) is 0 Å². The molecule has 0 spiro atoms. The molecule has 156 valence electrons. The van der Waals surface area contributed by atoms with Gasteiger partial charge in [0.1, 0.15) is 11.6 Å². The van der Waals surface area contributed by atoms with E-state index in [1.54, 1.807) is 0 Å². The number of aromatic nitrogens is 3. The molecule has 1 aliphatic heterocycles. The number of hydrogen-bond donors (Lipinski definition) is 0. The molecule has 5 heteroatoms. The Morgan fingerprint density at radius 2 is 1.33 bits per heavy atom. The highest BCUT2D eigenvalue weighted by atomic mass is 15.4. The van der Waals surface area contributed by atoms with E-state index in [9.17, 15) is 0 Å². The molecule has 0 radical (unpaired) electrons. The molecule has 0 atom stereocenters. The summed E-state index contributed by atoms with van der Waals surface area (Å²) in [6.45, 7) is 13.7. The predicted octanol–water partition coefficient (Wildman–Crippen LogP) is 5.68. The van der Waals surface area contributed by atoms with Crippen LogP contribution < -0.4 is 9.80 Å². The highest BCUT2D eigenvalue weighted by Crippen LogP contribution is 2.40. The molecule has 4 rings (SSSR count). The Labute approximate surface area is 179 Å². The molecule has 0 aliphatic carbocycles. The van der Waals surface area contributed by atoms with Crippen LogP contribution in [-0.4, -0.2) is 28.7 Å². The van der Waals surface area contributed by atoms with Crippen molar-refractivity contribution in [2.75, 3.05) is 23.5 Å². The molecule has 5 nitrogen and oxygen atoms in total. The van der Waals surface area contributed by atoms with Gasteiger partial charge in [0, 0.05) is 29.1 Å². The lowest BCUT2D eigenvalue weighted by Gasteiger charge is -2.23. The van der Waals surface area contributed by atoms with Crippen molar-refractivity contribution in [3.63, 3.8) is 0 Å². The summed E-state index contributed by atoms with van der Waals surface area (Å²) in [5.41, 5.74) is 4.32. The van der Waals surface area contributed by atoms with Gasteiger partial charge in [0.05, 0.1) is 18.0 Å². The molecule has 0 saturated heterocycles. The number of benzene rings is 2. The number of hydrogen-bond acceptors (Lipinski definition) is 5. The molecule has 0 N–H and O–H groups in total. The Kier molecular flexibility index (Phi) is 4.80. The Morgan fingerprint density at radius 1 is 0.733 bits per heavy atom. The summed E-state index contributed by atoms with van der Waals surface area (Å²) in [6, 6.07) is 17.0. The largest absolute Gasteiger partial charge is 0.355 e. The first kappa shape index (κ1) is 20.3. The first-order valence-corrected chi connectivity index (χ1v) is 10.5. The number of fused-ring (bicyclic) bond motifs is 1. The number of nitrogens with zero attached hydrogens (tertiary/aromatic N) is 5. The van der Waals surface area contributed by atoms with E-state index >= 15 is 0 Å². The van der Waals surface area contributed by atoms with Crippen LogP contribution in [-0.2, 0) is 10.8 Å². The van der Waals surface area contributed by atoms with Crippen LogP contribution >= 0.6 is 0 Å². The zero-order valence-corrected chi connectivity index (χ0v) is 19.1. The van der Waals surface area contributed by atoms with E-state index in [-0.39, 0.29) is 10.8 Å². The number of anilines is 3. The third-order valence-corrected chi connectivity index (χ3v) is 5.33. The van der Waals surface area contributed by atoms with E-state index in [1.165, 1.54) is 11.4 Å². The lowest BCUT2D eigenvalue weighted by Crippen LogP contribution is -2.24. The fourth-order valence-corrected chi connectivity index (χ4v) is 3.59. The Bertz CT molecular complexity index is 1040. The van der Waals surface area contributed by atoms with E-state index in [0.717, 1.165) is 35.4 Å². The number of para-hydroxylation sites is 2. The van der Waals surface area contributed by atoms with Crippen LogP contribution in [0.3, 0.4) is 0 Å². The fourth-order valence-electron chi connectivity index (χ4n) is 3.59. The van der Waals surface area contributed by atoms with Gasteiger partial charge in [-0.3, -0.25) is 0 Å². The molecular formula is C25H31N5. The Balaban J connectivity index is 1.80. The predicted molar refractivity (Wildman–Crippen MR) is 125 cm³/mol. The third kappa shape index (κ3) is 3.76. The summed E-state index contributed by atoms with van der Waals surface area (Å²) in [6.07, 6.45) is 0. The second-order valence-corrected chi connectivity index (χ2v) is 10.1. The summed E-state index contributed by atoms with van der Waals surface area (Å²) in [5, 5.41) is 0. The molecule has 30 heavy (non-hydrogen) atoms. The average molecular weight is 402 g/mol. The first-order chi connectivity index (χ1) is 14.0. The molecule has 0 fully saturated rings. The van der Waals surface area contributed by atoms with Gasteiger partial charge in [-0.05, 0) is 24.3 Å². The van der Waals surface area contributed by atoms with E-state index in [1.807, 2.05) is 0 Å². The maximum atomic E-state index is 4.86. The fraction of sp³-hybridized carbons (Fsp3) is 0.400. The van der Waals surface area contributed by atoms with Gasteiger partial charge in [-0.15, -0.1) is 0 Å². The van der Waals surface area contributed by atoms with Gasteiger partial charge < -0.3 is 9.80 Å². The second kappa shape index (κ2) is 7.08. The molecule has 0 saturated carbocycles. The van der Waals surface area contributed by atoms with Gasteiger partial charge in [0.15, 0.2) is 5.82 Å². The minimum absolute atomic E-state index is 0.147. The summed E-state index contributed by atoms with van der Waals surface area (Å²) < 4.78 is 0. The Hall–Kier alpha value is -2.95. The molecular weight excluding hydrogens is 370 g/mol. The summed E-state index contributed by atoms with van der Waals surface area (Å²) >= 11 is 0. The monoisotopic (exact) mass is 401 g/mol. The smallest absolute Gasteiger partial charge is 0.163 e. The third-order valence-electron chi connectivity index (χ3n) is 5.33. The summed E-state index contributed by atoms with van der Waals surface area (Å²) in [7, 11) is 2.12. The van der Waals surface area contributed by atoms with Crippen molar-refractivity contribution in [2.24, 2.45) is 0 Å². The zero-order valence-electron chi connectivity index (χ0n) is 19.1. The van der Waals surface area contributed by atoms with Crippen molar-refractivity contribution >= 4 is 17.1 Å². The first-order valence-electron chi connectivity index (χ1n) is 10.5. The SMILES string of the molecule is CN1CN(c2cccc(-c3nc(C(C)(C)C)nc(C(C)(C)C)n3)c2)c2ccccc21. The van der Waals surface area contributed by atoms with E-state index in [4.69, 9.17) is 15.0 Å². The van der Waals surface area contributed by atoms with Crippen molar-refractivity contribution < 1.29 is 0 Å². The van der Waals surface area contributed by atoms with Crippen LogP contribution in [0.15, 0.2) is 48.5 Å². The Morgan fingerprint density at radius 3 is 1.93 bits per heavy atom. The quantitative estimate of drug-likeness (QED) is 0.553. The highest BCUT2D eigenvalue weighted by Gasteiger charge is 2.27. The van der Waals surface area contributed by atoms with E-state index in [0.29, 0.717) is 0 Å². The average Bonchev–Trinajstić information content (AvgIpc) is 3.03. The van der Waals surface area contributed by atoms with Crippen LogP contribution in [0.5, 0.6) is 0 Å². The van der Waals surface area contributed by atoms with Gasteiger partial charge in [-0.25, -0.2) is 15.0 Å². The molecule has 0 amide bonds. The molecule has 0 bridgehead atoms. The maximum absolute atomic E-state index is 4.86. The lowest BCUT2D eigenvalue weighted by atomic mass is 9.93. The highest BCUT2D eigenvalue weighted by molar-refractivity contribution is 5.83. The van der Waals surface area contributed by atoms with E-state index in [2.05, 4.69) is 107 Å². The van der Waals surface area contributed by atoms with Crippen molar-refractivity contribution in [2.45, 2.75) is 52.4 Å². The molecule has 1 aliphatic rings. The molecule has 1 aromatic heterocycles. The lowest BCUT2D eigenvalue weighted by molar-refractivity contribution is 0.497. The normalized spacial score (nSPS) is 14.2. The van der Waals surface area contributed by atoms with Crippen molar-refractivity contribution in [3.8, 4) is 11.4 Å². The van der Waals surface area contributed by atoms with Crippen molar-refractivity contribution in [3.05, 3.63) is 60.2 Å². The summed E-state index contributed by atoms with van der Waals surface area (Å²) in [5.74, 6) is 2.39. The van der Waals surface area contributed by atoms with Gasteiger partial charge in [0.25, 0.3) is 0 Å². The van der Waals surface area contributed by atoms with Crippen LogP contribution in [0.2, 0.25) is 0 Å². The van der Waals surface area contributed by atoms with Gasteiger partial charge in [0.2, 0.25) is 0 Å². The van der Waals surface area contributed by atoms with Crippen LogP contribution in [0, 0.1) is 0 Å². The second-order valence-electron chi connectivity index (χ2n) is 10.1. The molecule has 2 aromatic carbocycles. The van der Waals surface area contributed by atoms with Crippen LogP contribution in [0.1, 0.15) is 53.2 Å². The molecule has 2 heterocycles. The standard InChI is InChI=1S/C25H31N5/c1-24(2,3)22-26-21(27-23(28-22)25(4,5)6)17-11-10-12-18(15-17)30-16-29(7)19-13-8-9-14-20(19)30/h8-15H,16H2,1-7H3. The maximum Gasteiger partial charge on any atom is 0.163 e. The van der Waals surface area contributed by atoms with Crippen LogP contribution in [0.25, 0.3) is 11.4 Å². The van der Waals surface area contributed by atoms with E-state index < -0.39 is 0 Å². The topological polar surface area (TPSA) is 45.2 Å². The van der Waals surface area contributed by atoms with Gasteiger partial charge in [-0.1, -0.05) is 65.8 Å². The van der Waals surface area contributed by atoms with Crippen molar-refractivity contribution in [1.82, 2.24) is 15.0 Å². The minimum Gasteiger partial charge on any atom is -0.355 e. The van der Waals surface area contributed by atoms with Gasteiger partial charge in [-0.2, -0.15) is 0 Å². The minimum atomic E-state index is -0.147. The summed E-state index contributed by atoms with van der Waals surface area (Å²) in [4.78, 5) is 19.1. The molecule has 0 unspecified atom stereocenters. The van der Waals surface area contributed by atoms with Gasteiger partial charge >= 0.3 is 0 Å². The molecule has 3 aromatic rings. The van der Waals surface area contributed by atoms with Crippen LogP contribution in [0.4, 0.5) is 17.1 Å².